The first-order valence-electron chi connectivity index (χ1n) is 13.6. The summed E-state index contributed by atoms with van der Waals surface area (Å²) in [5.74, 6) is 0.0952. The maximum absolute atomic E-state index is 16.1. The standard InChI is InChI=1S/C21H27BF2N9O9P2S.CH5N/c22-43(35)37-2-8-16(12(24)20(39-8)32-6-30-14-17(26)27-4-28-18(14)32)42-44(36,45)38-3-9-15(41-43)11(23)21(40-9)33-5-29-13-7(34)1-10(25)31-19(13)33;1-2/h5-6,8-9,11-12,15-16,20-21,28H,1-4H2,22H3,(H2,25,31)(H2,26,27)(H,36,45);2H2,1H3/q-1;/t8?,9-,11-,12-,15-,16-,20-,21-,43?,44?;/m1./s1. The van der Waals surface area contributed by atoms with Crippen molar-refractivity contribution in [3.05, 3.63) is 24.0 Å². The number of rotatable bonds is 2. The predicted octanol–water partition coefficient (Wildman–Crippen LogP) is -1.00. The van der Waals surface area contributed by atoms with E-state index in [-0.39, 0.29) is 36.3 Å². The summed E-state index contributed by atoms with van der Waals surface area (Å²) in [6.45, 7) is -5.20. The Hall–Kier alpha value is -2.69. The van der Waals surface area contributed by atoms with Gasteiger partial charge in [-0.3, -0.25) is 18.5 Å². The van der Waals surface area contributed by atoms with Gasteiger partial charge in [-0.2, -0.15) is 0 Å². The number of alkyl halides is 2. The Kier molecular flexibility index (Phi) is 9.44. The zero-order chi connectivity index (χ0) is 33.8. The second-order valence-electron chi connectivity index (χ2n) is 10.2. The van der Waals surface area contributed by atoms with Crippen molar-refractivity contribution in [2.24, 2.45) is 27.2 Å². The van der Waals surface area contributed by atoms with E-state index >= 15 is 8.78 Å². The number of carbonyl (C=O) groups is 1. The molecule has 25 heteroatoms. The number of nitrogens with zero attached hydrogens (tertiary/aromatic N) is 6. The topological polar surface area (TPSA) is 260 Å². The number of hydrogen-bond donors (Lipinski definition) is 5. The van der Waals surface area contributed by atoms with E-state index in [9.17, 15) is 14.3 Å². The van der Waals surface area contributed by atoms with E-state index in [1.165, 1.54) is 28.8 Å². The number of amidine groups is 2. The highest BCUT2D eigenvalue weighted by Crippen LogP contribution is 2.54. The minimum atomic E-state index is -4.23. The van der Waals surface area contributed by atoms with Crippen LogP contribution in [0, 0.1) is 0 Å². The third-order valence-electron chi connectivity index (χ3n) is 7.45. The Morgan fingerprint density at radius 3 is 2.32 bits per heavy atom. The number of nitrogens with one attached hydrogen (secondary N) is 1. The molecule has 3 unspecified atom stereocenters. The average molecular weight is 723 g/mol. The largest absolute Gasteiger partial charge is 0.387 e. The first-order chi connectivity index (χ1) is 22.3. The predicted molar refractivity (Wildman–Crippen MR) is 167 cm³/mol. The van der Waals surface area contributed by atoms with Crippen LogP contribution in [0.5, 0.6) is 0 Å². The van der Waals surface area contributed by atoms with Gasteiger partial charge in [0.2, 0.25) is 0 Å². The van der Waals surface area contributed by atoms with Gasteiger partial charge < -0.3 is 55.0 Å². The molecule has 258 valence electrons. The van der Waals surface area contributed by atoms with Crippen LogP contribution >= 0.6 is 14.2 Å². The van der Waals surface area contributed by atoms with Gasteiger partial charge in [-0.1, -0.05) is 0 Å². The molecule has 0 saturated carbocycles. The van der Waals surface area contributed by atoms with Crippen molar-refractivity contribution in [2.75, 3.05) is 32.2 Å². The number of fused-ring (bicyclic) bond motifs is 4. The van der Waals surface area contributed by atoms with Gasteiger partial charge in [-0.15, -0.1) is 0 Å². The number of ketones is 1. The molecule has 0 aliphatic carbocycles. The molecule has 0 radical (unpaired) electrons. The Morgan fingerprint density at radius 2 is 1.62 bits per heavy atom. The van der Waals surface area contributed by atoms with Crippen LogP contribution in [-0.2, 0) is 43.9 Å². The molecule has 3 saturated heterocycles. The molecule has 5 aliphatic rings. The van der Waals surface area contributed by atoms with Crippen LogP contribution in [0.3, 0.4) is 0 Å². The van der Waals surface area contributed by atoms with Gasteiger partial charge in [0, 0.05) is 0 Å². The Bertz CT molecular complexity index is 1720. The maximum atomic E-state index is 16.1. The lowest BCUT2D eigenvalue weighted by Crippen LogP contribution is -2.37. The number of aromatic nitrogens is 4. The minimum absolute atomic E-state index is 0.0115. The summed E-state index contributed by atoms with van der Waals surface area (Å²) in [4.78, 5) is 39.7. The van der Waals surface area contributed by atoms with E-state index < -0.39 is 90.0 Å². The first kappa shape index (κ1) is 34.2. The van der Waals surface area contributed by atoms with Gasteiger partial charge in [0.15, 0.2) is 42.1 Å². The van der Waals surface area contributed by atoms with Crippen molar-refractivity contribution in [2.45, 2.75) is 55.6 Å². The van der Waals surface area contributed by atoms with E-state index in [4.69, 9.17) is 50.8 Å². The highest BCUT2D eigenvalue weighted by Gasteiger charge is 2.53. The van der Waals surface area contributed by atoms with Gasteiger partial charge >= 0.3 is 6.72 Å². The van der Waals surface area contributed by atoms with Crippen molar-refractivity contribution in [3.8, 4) is 0 Å². The van der Waals surface area contributed by atoms with Gasteiger partial charge in [0.05, 0.1) is 39.9 Å². The van der Waals surface area contributed by atoms with Crippen LogP contribution in [0.2, 0.25) is 0 Å². The third kappa shape index (κ3) is 6.42. The summed E-state index contributed by atoms with van der Waals surface area (Å²) in [5.41, 5.74) is 16.4. The van der Waals surface area contributed by atoms with Gasteiger partial charge in [-0.25, -0.2) is 28.7 Å². The fourth-order valence-corrected chi connectivity index (χ4v) is 7.65. The maximum Gasteiger partial charge on any atom is 0.325 e. The molecule has 47 heavy (non-hydrogen) atoms. The third-order valence-corrected chi connectivity index (χ3v) is 9.78. The van der Waals surface area contributed by atoms with Crippen LogP contribution in [0.25, 0.3) is 0 Å². The number of carbonyl (C=O) groups excluding carboxylic acids is 1. The summed E-state index contributed by atoms with van der Waals surface area (Å²) in [5, 5.41) is 2.96. The van der Waals surface area contributed by atoms with Crippen LogP contribution in [-0.4, -0.2) is 113 Å². The number of Topliss-reactive ketones (excluding diaryl/α,β-unsaturated/α-hetero) is 1. The van der Waals surface area contributed by atoms with E-state index in [0.29, 0.717) is 11.5 Å². The Balaban J connectivity index is 0.00000190. The van der Waals surface area contributed by atoms with Crippen molar-refractivity contribution in [1.29, 1.82) is 0 Å². The molecule has 0 aromatic carbocycles. The number of halogens is 2. The number of ether oxygens (including phenoxy) is 2. The monoisotopic (exact) mass is 723 g/mol. The number of anilines is 1. The van der Waals surface area contributed by atoms with Gasteiger partial charge in [0.25, 0.3) is 0 Å². The van der Waals surface area contributed by atoms with Gasteiger partial charge in [-0.05, 0) is 18.9 Å². The highest BCUT2D eigenvalue weighted by atomic mass is 32.5. The summed E-state index contributed by atoms with van der Waals surface area (Å²) in [6, 6.07) is 0. The number of imidazole rings is 2. The molecule has 8 N–H and O–H groups in total. The number of aliphatic imine (C=N–C) groups is 2. The Morgan fingerprint density at radius 1 is 1.02 bits per heavy atom. The summed E-state index contributed by atoms with van der Waals surface area (Å²) in [6.07, 6.45) is -9.99. The molecule has 3 fully saturated rings. The Labute approximate surface area is 271 Å². The highest BCUT2D eigenvalue weighted by molar-refractivity contribution is 8.07. The average Bonchev–Trinajstić information content (AvgIpc) is 3.77. The van der Waals surface area contributed by atoms with Crippen molar-refractivity contribution in [1.82, 2.24) is 19.1 Å². The van der Waals surface area contributed by atoms with Crippen molar-refractivity contribution < 1.29 is 50.6 Å². The number of nitrogens with two attached hydrogens (primary N) is 3. The normalized spacial score (nSPS) is 38.6. The van der Waals surface area contributed by atoms with Crippen LogP contribution in [0.4, 0.5) is 20.4 Å². The molecule has 19 nitrogen and oxygen atoms in total. The van der Waals surface area contributed by atoms with Crippen molar-refractivity contribution in [3.63, 3.8) is 0 Å². The lowest BCUT2D eigenvalue weighted by atomic mass is 10.1. The van der Waals surface area contributed by atoms with E-state index in [1.807, 2.05) is 0 Å². The second-order valence-corrected chi connectivity index (χ2v) is 13.9. The molecule has 10 atom stereocenters. The summed E-state index contributed by atoms with van der Waals surface area (Å²) >= 11 is 5.18. The van der Waals surface area contributed by atoms with Crippen LogP contribution < -0.4 is 22.5 Å². The fourth-order valence-electron chi connectivity index (χ4n) is 5.44. The second kappa shape index (κ2) is 13.0. The molecule has 0 spiro atoms. The fraction of sp³-hybridized carbons (Fsp3) is 0.591. The lowest BCUT2D eigenvalue weighted by Gasteiger charge is -2.31. The summed E-state index contributed by atoms with van der Waals surface area (Å²) < 4.78 is 82.6. The van der Waals surface area contributed by atoms with E-state index in [2.05, 4.69) is 31.0 Å². The smallest absolute Gasteiger partial charge is 0.325 e. The molecular formula is C22H32BF2N10O9P2S-. The van der Waals surface area contributed by atoms with E-state index in [1.54, 1.807) is 0 Å². The van der Waals surface area contributed by atoms with Crippen LogP contribution in [0.1, 0.15) is 35.1 Å². The van der Waals surface area contributed by atoms with Gasteiger partial charge in [0.1, 0.15) is 61.7 Å². The van der Waals surface area contributed by atoms with E-state index in [0.717, 1.165) is 0 Å². The first-order valence-corrected chi connectivity index (χ1v) is 17.3. The van der Waals surface area contributed by atoms with Crippen LogP contribution in [0.15, 0.2) is 22.6 Å². The zero-order valence-corrected chi connectivity index (χ0v) is 26.4. The molecular weight excluding hydrogens is 691 g/mol. The molecule has 2 aromatic heterocycles. The molecule has 7 heterocycles. The van der Waals surface area contributed by atoms with Crippen molar-refractivity contribution >= 4 is 62.7 Å². The minimum Gasteiger partial charge on any atom is -0.387 e. The molecule has 0 amide bonds. The quantitative estimate of drug-likeness (QED) is 0.184. The molecule has 5 aliphatic heterocycles. The molecule has 0 bridgehead atoms. The molecule has 2 aromatic rings. The zero-order valence-electron chi connectivity index (χ0n) is 23.8. The summed E-state index contributed by atoms with van der Waals surface area (Å²) in [7, 11) is -3.62. The number of hydrogen-bond acceptors (Lipinski definition) is 17. The lowest BCUT2D eigenvalue weighted by molar-refractivity contribution is -0.0571. The molecule has 7 rings (SSSR count). The SMILES string of the molecule is CN.[BH3-]P1(=O)OCC2O[C@@H](n3cnc4c3NCN=C4N)[C@H](F)[C@@H]2OP(O)(=S)OC[C@H]2O[C@@H](n3cnc4c3N=C(N)CC4=O)[C@H](F)[C@@H]2O1.